The van der Waals surface area contributed by atoms with Crippen LogP contribution in [-0.2, 0) is 4.79 Å². The molecule has 1 heterocycles. The number of aromatic carboxylic acids is 1. The van der Waals surface area contributed by atoms with Crippen LogP contribution in [0.1, 0.15) is 23.2 Å². The van der Waals surface area contributed by atoms with Crippen molar-refractivity contribution in [3.63, 3.8) is 0 Å². The monoisotopic (exact) mass is 267 g/mol. The van der Waals surface area contributed by atoms with E-state index < -0.39 is 17.5 Å². The van der Waals surface area contributed by atoms with Crippen LogP contribution in [0, 0.1) is 5.82 Å². The van der Waals surface area contributed by atoms with Crippen molar-refractivity contribution >= 4 is 23.3 Å². The number of nitrogen functional groups attached to an aromatic ring is 1. The molecule has 0 saturated carbocycles. The first-order valence-corrected chi connectivity index (χ1v) is 5.83. The summed E-state index contributed by atoms with van der Waals surface area (Å²) in [5, 5.41) is 14.7. The highest BCUT2D eigenvalue weighted by molar-refractivity contribution is 6.00. The van der Waals surface area contributed by atoms with Crippen molar-refractivity contribution in [1.29, 1.82) is 0 Å². The van der Waals surface area contributed by atoms with E-state index in [1.165, 1.54) is 6.07 Å². The summed E-state index contributed by atoms with van der Waals surface area (Å²) in [6.07, 6.45) is 0.957. The van der Waals surface area contributed by atoms with Gasteiger partial charge in [0.2, 0.25) is 5.91 Å². The topological polar surface area (TPSA) is 104 Å². The van der Waals surface area contributed by atoms with E-state index in [-0.39, 0.29) is 23.2 Å². The summed E-state index contributed by atoms with van der Waals surface area (Å²) in [5.41, 5.74) is 5.03. The molecule has 1 aliphatic rings. The normalized spacial score (nSPS) is 18.8. The number of nitrogens with two attached hydrogens (primary N) is 1. The van der Waals surface area contributed by atoms with E-state index in [4.69, 9.17) is 10.8 Å². The zero-order chi connectivity index (χ0) is 14.0. The molecule has 1 saturated heterocycles. The lowest BCUT2D eigenvalue weighted by atomic mass is 10.0. The quantitative estimate of drug-likeness (QED) is 0.606. The molecule has 5 N–H and O–H groups in total. The number of carbonyl (C=O) groups excluding carboxylic acids is 1. The Bertz CT molecular complexity index is 523. The minimum Gasteiger partial charge on any atom is -0.478 e. The van der Waals surface area contributed by atoms with Gasteiger partial charge in [0.1, 0.15) is 11.4 Å². The van der Waals surface area contributed by atoms with Crippen molar-refractivity contribution < 1.29 is 19.1 Å². The van der Waals surface area contributed by atoms with Crippen LogP contribution < -0.4 is 16.4 Å². The highest BCUT2D eigenvalue weighted by Gasteiger charge is 2.22. The number of carboxylic acid groups (broad SMARTS) is 1. The highest BCUT2D eigenvalue weighted by atomic mass is 19.1. The van der Waals surface area contributed by atoms with Crippen LogP contribution >= 0.6 is 0 Å². The van der Waals surface area contributed by atoms with Gasteiger partial charge in [-0.3, -0.25) is 4.79 Å². The van der Waals surface area contributed by atoms with Gasteiger partial charge in [0.25, 0.3) is 0 Å². The number of halogens is 1. The summed E-state index contributed by atoms with van der Waals surface area (Å²) in [5.74, 6) is -2.09. The molecule has 0 aromatic heterocycles. The molecule has 1 atom stereocenters. The average Bonchev–Trinajstić information content (AvgIpc) is 2.36. The predicted octanol–water partition coefficient (Wildman–Crippen LogP) is 0.797. The molecule has 7 heteroatoms. The summed E-state index contributed by atoms with van der Waals surface area (Å²) in [7, 11) is 0. The van der Waals surface area contributed by atoms with Crippen LogP contribution in [0.25, 0.3) is 0 Å². The van der Waals surface area contributed by atoms with Crippen LogP contribution in [0.5, 0.6) is 0 Å². The molecule has 6 nitrogen and oxygen atoms in total. The predicted molar refractivity (Wildman–Crippen MR) is 67.4 cm³/mol. The van der Waals surface area contributed by atoms with Crippen molar-refractivity contribution in [2.24, 2.45) is 0 Å². The van der Waals surface area contributed by atoms with Crippen molar-refractivity contribution in [3.8, 4) is 0 Å². The maximum Gasteiger partial charge on any atom is 0.340 e. The number of amides is 1. The zero-order valence-electron chi connectivity index (χ0n) is 10.1. The molecule has 1 unspecified atom stereocenters. The van der Waals surface area contributed by atoms with Crippen LogP contribution in [0.4, 0.5) is 15.8 Å². The van der Waals surface area contributed by atoms with Crippen LogP contribution in [0.3, 0.4) is 0 Å². The Kier molecular flexibility index (Phi) is 3.55. The van der Waals surface area contributed by atoms with Crippen molar-refractivity contribution in [1.82, 2.24) is 5.32 Å². The third-order valence-electron chi connectivity index (χ3n) is 3.03. The Morgan fingerprint density at radius 1 is 1.53 bits per heavy atom. The Morgan fingerprint density at radius 3 is 2.84 bits per heavy atom. The summed E-state index contributed by atoms with van der Waals surface area (Å²) in [6.45, 7) is 0.398. The van der Waals surface area contributed by atoms with Gasteiger partial charge in [0.15, 0.2) is 0 Å². The fraction of sp³-hybridized carbons (Fsp3) is 0.333. The number of hydrogen-bond acceptors (Lipinski definition) is 4. The number of hydrogen-bond donors (Lipinski definition) is 4. The first-order chi connectivity index (χ1) is 8.99. The van der Waals surface area contributed by atoms with Gasteiger partial charge < -0.3 is 21.5 Å². The van der Waals surface area contributed by atoms with Gasteiger partial charge in [-0.05, 0) is 18.6 Å². The first-order valence-electron chi connectivity index (χ1n) is 5.83. The van der Waals surface area contributed by atoms with E-state index in [0.29, 0.717) is 19.4 Å². The smallest absolute Gasteiger partial charge is 0.340 e. The van der Waals surface area contributed by atoms with Gasteiger partial charge in [-0.25, -0.2) is 9.18 Å². The van der Waals surface area contributed by atoms with Crippen LogP contribution in [0.2, 0.25) is 0 Å². The van der Waals surface area contributed by atoms with Crippen molar-refractivity contribution in [3.05, 3.63) is 23.5 Å². The first kappa shape index (κ1) is 13.1. The molecule has 0 radical (unpaired) electrons. The molecule has 102 valence electrons. The standard InChI is InChI=1S/C12H14FN3O3/c13-7-2-3-8(10(11(7)14)12(18)19)16-6-1-4-9(17)15-5-6/h2-3,6,16H,1,4-5,14H2,(H,15,17)(H,18,19). The van der Waals surface area contributed by atoms with Crippen molar-refractivity contribution in [2.75, 3.05) is 17.6 Å². The Balaban J connectivity index is 2.23. The molecule has 0 aliphatic carbocycles. The molecule has 1 aromatic rings. The number of anilines is 2. The summed E-state index contributed by atoms with van der Waals surface area (Å²) >= 11 is 0. The molecule has 1 fully saturated rings. The van der Waals surface area contributed by atoms with Crippen LogP contribution in [0.15, 0.2) is 12.1 Å². The largest absolute Gasteiger partial charge is 0.478 e. The second kappa shape index (κ2) is 5.13. The Hall–Kier alpha value is -2.31. The number of carbonyl (C=O) groups is 2. The van der Waals surface area contributed by atoms with E-state index in [2.05, 4.69) is 10.6 Å². The lowest BCUT2D eigenvalue weighted by Gasteiger charge is -2.25. The Morgan fingerprint density at radius 2 is 2.26 bits per heavy atom. The lowest BCUT2D eigenvalue weighted by molar-refractivity contribution is -0.122. The third kappa shape index (κ3) is 2.75. The van der Waals surface area contributed by atoms with Gasteiger partial charge >= 0.3 is 5.97 Å². The van der Waals surface area contributed by atoms with Gasteiger partial charge in [-0.2, -0.15) is 0 Å². The lowest BCUT2D eigenvalue weighted by Crippen LogP contribution is -2.42. The number of rotatable bonds is 3. The Labute approximate surface area is 108 Å². The fourth-order valence-electron chi connectivity index (χ4n) is 2.02. The SMILES string of the molecule is Nc1c(F)ccc(NC2CCC(=O)NC2)c1C(=O)O. The molecule has 1 aliphatic heterocycles. The van der Waals surface area contributed by atoms with E-state index >= 15 is 0 Å². The van der Waals surface area contributed by atoms with Gasteiger partial charge in [-0.1, -0.05) is 0 Å². The highest BCUT2D eigenvalue weighted by Crippen LogP contribution is 2.26. The second-order valence-electron chi connectivity index (χ2n) is 4.37. The molecule has 0 spiro atoms. The average molecular weight is 267 g/mol. The van der Waals surface area contributed by atoms with Crippen LogP contribution in [-0.4, -0.2) is 29.6 Å². The van der Waals surface area contributed by atoms with Gasteiger partial charge in [0, 0.05) is 19.0 Å². The number of nitrogens with one attached hydrogen (secondary N) is 2. The minimum atomic E-state index is -1.29. The zero-order valence-corrected chi connectivity index (χ0v) is 10.1. The molecule has 0 bridgehead atoms. The number of benzene rings is 1. The van der Waals surface area contributed by atoms with Gasteiger partial charge in [-0.15, -0.1) is 0 Å². The number of carboxylic acids is 1. The second-order valence-corrected chi connectivity index (χ2v) is 4.37. The van der Waals surface area contributed by atoms with E-state index in [9.17, 15) is 14.0 Å². The van der Waals surface area contributed by atoms with E-state index in [0.717, 1.165) is 6.07 Å². The maximum absolute atomic E-state index is 13.3. The molecule has 2 rings (SSSR count). The van der Waals surface area contributed by atoms with E-state index in [1.54, 1.807) is 0 Å². The molecular formula is C12H14FN3O3. The molecule has 19 heavy (non-hydrogen) atoms. The molecular weight excluding hydrogens is 253 g/mol. The maximum atomic E-state index is 13.3. The number of piperidine rings is 1. The van der Waals surface area contributed by atoms with Crippen molar-refractivity contribution in [2.45, 2.75) is 18.9 Å². The minimum absolute atomic E-state index is 0.0323. The third-order valence-corrected chi connectivity index (χ3v) is 3.03. The summed E-state index contributed by atoms with van der Waals surface area (Å²) in [4.78, 5) is 22.2. The molecule has 1 amide bonds. The van der Waals surface area contributed by atoms with Gasteiger partial charge in [0.05, 0.1) is 11.4 Å². The molecule has 1 aromatic carbocycles. The fourth-order valence-corrected chi connectivity index (χ4v) is 2.02. The summed E-state index contributed by atoms with van der Waals surface area (Å²) in [6, 6.07) is 2.36. The van der Waals surface area contributed by atoms with E-state index in [1.807, 2.05) is 0 Å². The summed E-state index contributed by atoms with van der Waals surface area (Å²) < 4.78 is 13.3.